The highest BCUT2D eigenvalue weighted by molar-refractivity contribution is 5.82. The first kappa shape index (κ1) is 11.9. The van der Waals surface area contributed by atoms with Crippen LogP contribution in [-0.4, -0.2) is 24.5 Å². The number of carbonyl (C=O) groups excluding carboxylic acids is 1. The molecule has 1 aliphatic carbocycles. The summed E-state index contributed by atoms with van der Waals surface area (Å²) in [6, 6.07) is 0.927. The average Bonchev–Trinajstić information content (AvgIpc) is 2.66. The lowest BCUT2D eigenvalue weighted by molar-refractivity contribution is -0.130. The molecule has 2 rings (SSSR count). The molecular weight excluding hydrogens is 200 g/mol. The van der Waals surface area contributed by atoms with Gasteiger partial charge in [0.25, 0.3) is 0 Å². The molecule has 2 unspecified atom stereocenters. The molecule has 1 aliphatic heterocycles. The lowest BCUT2D eigenvalue weighted by Gasteiger charge is -2.32. The van der Waals surface area contributed by atoms with Crippen molar-refractivity contribution in [3.63, 3.8) is 0 Å². The third-order valence-electron chi connectivity index (χ3n) is 4.21. The normalized spacial score (nSPS) is 33.6. The second-order valence-electron chi connectivity index (χ2n) is 5.82. The van der Waals surface area contributed by atoms with Crippen molar-refractivity contribution >= 4 is 5.91 Å². The second-order valence-corrected chi connectivity index (χ2v) is 5.82. The lowest BCUT2D eigenvalue weighted by Crippen LogP contribution is -2.49. The van der Waals surface area contributed by atoms with Crippen molar-refractivity contribution in [3.05, 3.63) is 0 Å². The number of hydrogen-bond acceptors (Lipinski definition) is 2. The summed E-state index contributed by atoms with van der Waals surface area (Å²) < 4.78 is 0. The minimum absolute atomic E-state index is 0.0753. The maximum atomic E-state index is 12.2. The monoisotopic (exact) mass is 224 g/mol. The Morgan fingerprint density at radius 2 is 2.06 bits per heavy atom. The van der Waals surface area contributed by atoms with Crippen molar-refractivity contribution in [3.8, 4) is 0 Å². The summed E-state index contributed by atoms with van der Waals surface area (Å²) in [5.41, 5.74) is -0.0753. The van der Waals surface area contributed by atoms with Gasteiger partial charge in [-0.05, 0) is 39.2 Å². The highest BCUT2D eigenvalue weighted by Crippen LogP contribution is 2.37. The third kappa shape index (κ3) is 2.57. The van der Waals surface area contributed by atoms with Crippen LogP contribution >= 0.6 is 0 Å². The van der Waals surface area contributed by atoms with Crippen molar-refractivity contribution in [2.75, 3.05) is 6.54 Å². The van der Waals surface area contributed by atoms with E-state index < -0.39 is 0 Å². The number of nitrogens with one attached hydrogen (secondary N) is 2. The summed E-state index contributed by atoms with van der Waals surface area (Å²) in [6.45, 7) is 5.35. The zero-order valence-corrected chi connectivity index (χ0v) is 10.5. The molecule has 3 nitrogen and oxygen atoms in total. The summed E-state index contributed by atoms with van der Waals surface area (Å²) in [7, 11) is 0. The molecule has 2 N–H and O–H groups in total. The Morgan fingerprint density at radius 1 is 1.38 bits per heavy atom. The van der Waals surface area contributed by atoms with Gasteiger partial charge < -0.3 is 10.6 Å². The highest BCUT2D eigenvalue weighted by Gasteiger charge is 2.37. The maximum Gasteiger partial charge on any atom is 0.226 e. The van der Waals surface area contributed by atoms with Crippen LogP contribution in [-0.2, 0) is 4.79 Å². The third-order valence-corrected chi connectivity index (χ3v) is 4.21. The largest absolute Gasteiger partial charge is 0.353 e. The molecule has 1 heterocycles. The number of rotatable bonds is 2. The Kier molecular flexibility index (Phi) is 3.53. The summed E-state index contributed by atoms with van der Waals surface area (Å²) in [5.74, 6) is 0.295. The van der Waals surface area contributed by atoms with Crippen molar-refractivity contribution in [2.24, 2.45) is 5.41 Å². The van der Waals surface area contributed by atoms with Gasteiger partial charge in [0.15, 0.2) is 0 Å². The van der Waals surface area contributed by atoms with Crippen LogP contribution in [0.3, 0.4) is 0 Å². The lowest BCUT2D eigenvalue weighted by atomic mass is 9.87. The van der Waals surface area contributed by atoms with Crippen LogP contribution in [0.1, 0.15) is 52.4 Å². The Bertz CT molecular complexity index is 259. The molecular formula is C13H24N2O. The molecule has 1 amide bonds. The molecule has 0 aromatic heterocycles. The van der Waals surface area contributed by atoms with Gasteiger partial charge in [-0.25, -0.2) is 0 Å². The van der Waals surface area contributed by atoms with E-state index in [9.17, 15) is 4.79 Å². The van der Waals surface area contributed by atoms with Gasteiger partial charge in [0.05, 0.1) is 0 Å². The van der Waals surface area contributed by atoms with Crippen LogP contribution < -0.4 is 10.6 Å². The first-order chi connectivity index (χ1) is 7.60. The number of hydrogen-bond donors (Lipinski definition) is 2. The van der Waals surface area contributed by atoms with E-state index in [2.05, 4.69) is 24.5 Å². The molecule has 16 heavy (non-hydrogen) atoms. The predicted octanol–water partition coefficient (Wildman–Crippen LogP) is 1.82. The minimum Gasteiger partial charge on any atom is -0.353 e. The molecule has 0 aromatic carbocycles. The Balaban J connectivity index is 1.86. The molecule has 0 aromatic rings. The van der Waals surface area contributed by atoms with E-state index in [1.165, 1.54) is 12.8 Å². The number of amides is 1. The highest BCUT2D eigenvalue weighted by atomic mass is 16.2. The maximum absolute atomic E-state index is 12.2. The fraction of sp³-hybridized carbons (Fsp3) is 0.923. The van der Waals surface area contributed by atoms with Gasteiger partial charge in [-0.2, -0.15) is 0 Å². The van der Waals surface area contributed by atoms with Gasteiger partial charge in [0, 0.05) is 17.5 Å². The molecule has 92 valence electrons. The van der Waals surface area contributed by atoms with E-state index in [1.807, 2.05) is 0 Å². The predicted molar refractivity (Wildman–Crippen MR) is 65.2 cm³/mol. The van der Waals surface area contributed by atoms with E-state index in [0.29, 0.717) is 18.0 Å². The molecule has 0 radical (unpaired) electrons. The van der Waals surface area contributed by atoms with Crippen LogP contribution in [0.5, 0.6) is 0 Å². The van der Waals surface area contributed by atoms with Crippen LogP contribution in [0.25, 0.3) is 0 Å². The average molecular weight is 224 g/mol. The van der Waals surface area contributed by atoms with E-state index >= 15 is 0 Å². The molecule has 2 fully saturated rings. The molecule has 1 saturated carbocycles. The summed E-state index contributed by atoms with van der Waals surface area (Å²) in [4.78, 5) is 12.2. The molecule has 3 heteroatoms. The fourth-order valence-electron chi connectivity index (χ4n) is 3.01. The van der Waals surface area contributed by atoms with E-state index in [-0.39, 0.29) is 5.41 Å². The van der Waals surface area contributed by atoms with Crippen LogP contribution in [0.15, 0.2) is 0 Å². The van der Waals surface area contributed by atoms with Gasteiger partial charge in [0.2, 0.25) is 5.91 Å². The minimum atomic E-state index is -0.0753. The zero-order valence-electron chi connectivity index (χ0n) is 10.5. The van der Waals surface area contributed by atoms with Gasteiger partial charge in [-0.3, -0.25) is 4.79 Å². The number of carbonyl (C=O) groups is 1. The quantitative estimate of drug-likeness (QED) is 0.751. The van der Waals surface area contributed by atoms with E-state index in [1.54, 1.807) is 0 Å². The fourth-order valence-corrected chi connectivity index (χ4v) is 3.01. The van der Waals surface area contributed by atoms with Crippen molar-refractivity contribution < 1.29 is 4.79 Å². The van der Waals surface area contributed by atoms with Gasteiger partial charge >= 0.3 is 0 Å². The van der Waals surface area contributed by atoms with Crippen molar-refractivity contribution in [1.29, 1.82) is 0 Å². The van der Waals surface area contributed by atoms with Gasteiger partial charge in [0.1, 0.15) is 0 Å². The molecule has 1 saturated heterocycles. The van der Waals surface area contributed by atoms with Gasteiger partial charge in [-0.15, -0.1) is 0 Å². The summed E-state index contributed by atoms with van der Waals surface area (Å²) >= 11 is 0. The topological polar surface area (TPSA) is 41.1 Å². The van der Waals surface area contributed by atoms with Crippen LogP contribution in [0.4, 0.5) is 0 Å². The standard InChI is InChI=1S/C13H24N2O/c1-10-9-11(5-8-14-10)15-12(16)13(2)6-3-4-7-13/h10-11,14H,3-9H2,1-2H3,(H,15,16). The number of piperidine rings is 1. The first-order valence-corrected chi connectivity index (χ1v) is 6.64. The van der Waals surface area contributed by atoms with Gasteiger partial charge in [-0.1, -0.05) is 19.8 Å². The smallest absolute Gasteiger partial charge is 0.226 e. The van der Waals surface area contributed by atoms with Crippen LogP contribution in [0, 0.1) is 5.41 Å². The Labute approximate surface area is 98.4 Å². The Hall–Kier alpha value is -0.570. The Morgan fingerprint density at radius 3 is 2.69 bits per heavy atom. The second kappa shape index (κ2) is 4.74. The van der Waals surface area contributed by atoms with Crippen molar-refractivity contribution in [1.82, 2.24) is 10.6 Å². The SMILES string of the molecule is CC1CC(NC(=O)C2(C)CCCC2)CCN1. The molecule has 0 spiro atoms. The summed E-state index contributed by atoms with van der Waals surface area (Å²) in [5, 5.41) is 6.67. The van der Waals surface area contributed by atoms with Crippen LogP contribution in [0.2, 0.25) is 0 Å². The summed E-state index contributed by atoms with van der Waals surface area (Å²) in [6.07, 6.45) is 6.71. The van der Waals surface area contributed by atoms with E-state index in [0.717, 1.165) is 32.2 Å². The molecule has 0 bridgehead atoms. The molecule has 2 atom stereocenters. The van der Waals surface area contributed by atoms with E-state index in [4.69, 9.17) is 0 Å². The van der Waals surface area contributed by atoms with Crippen molar-refractivity contribution in [2.45, 2.75) is 64.5 Å². The first-order valence-electron chi connectivity index (χ1n) is 6.64. The zero-order chi connectivity index (χ0) is 11.6. The molecule has 2 aliphatic rings.